The average molecular weight is 344 g/mol. The predicted molar refractivity (Wildman–Crippen MR) is 95.0 cm³/mol. The van der Waals surface area contributed by atoms with Crippen LogP contribution in [-0.4, -0.2) is 31.5 Å². The van der Waals surface area contributed by atoms with Crippen LogP contribution in [0.1, 0.15) is 27.0 Å². The van der Waals surface area contributed by atoms with Crippen molar-refractivity contribution in [3.63, 3.8) is 0 Å². The van der Waals surface area contributed by atoms with E-state index in [0.29, 0.717) is 16.3 Å². The fraction of sp³-hybridized carbons (Fsp3) is 0.333. The Balaban J connectivity index is 1.98. The Hall–Kier alpha value is -2.34. The molecule has 0 spiro atoms. The standard InChI is InChI=1S/C18H20N2O3S/c1-4-15-11(2)9-16(24-15)18(22)20-10-14(17(21)19-3)23-13-8-6-5-7-12(13)20/h5-9,14H,4,10H2,1-3H3,(H,19,21)/t14-/m1/s1. The molecule has 1 aliphatic heterocycles. The smallest absolute Gasteiger partial charge is 0.268 e. The van der Waals surface area contributed by atoms with E-state index in [4.69, 9.17) is 4.74 Å². The van der Waals surface area contributed by atoms with Crippen LogP contribution >= 0.6 is 11.3 Å². The van der Waals surface area contributed by atoms with Gasteiger partial charge in [-0.1, -0.05) is 19.1 Å². The van der Waals surface area contributed by atoms with E-state index in [1.807, 2.05) is 31.2 Å². The number of carbonyl (C=O) groups is 2. The molecule has 0 radical (unpaired) electrons. The molecule has 0 fully saturated rings. The first kappa shape index (κ1) is 16.5. The van der Waals surface area contributed by atoms with E-state index >= 15 is 0 Å². The summed E-state index contributed by atoms with van der Waals surface area (Å²) < 4.78 is 5.75. The Labute approximate surface area is 145 Å². The number of amides is 2. The maximum absolute atomic E-state index is 13.0. The van der Waals surface area contributed by atoms with Gasteiger partial charge in [0.15, 0.2) is 6.10 Å². The fourth-order valence-corrected chi connectivity index (χ4v) is 3.90. The highest BCUT2D eigenvalue weighted by atomic mass is 32.1. The highest BCUT2D eigenvalue weighted by molar-refractivity contribution is 7.14. The third-order valence-corrected chi connectivity index (χ3v) is 5.48. The Morgan fingerprint density at radius 3 is 2.79 bits per heavy atom. The van der Waals surface area contributed by atoms with Gasteiger partial charge >= 0.3 is 0 Å². The summed E-state index contributed by atoms with van der Waals surface area (Å²) in [5, 5.41) is 2.59. The Morgan fingerprint density at radius 2 is 2.12 bits per heavy atom. The van der Waals surface area contributed by atoms with E-state index in [0.717, 1.165) is 12.0 Å². The van der Waals surface area contributed by atoms with Crippen LogP contribution in [0, 0.1) is 6.92 Å². The number of anilines is 1. The molecular formula is C18H20N2O3S. The number of ether oxygens (including phenoxy) is 1. The van der Waals surface area contributed by atoms with Gasteiger partial charge in [0.25, 0.3) is 11.8 Å². The van der Waals surface area contributed by atoms with E-state index in [2.05, 4.69) is 12.2 Å². The predicted octanol–water partition coefficient (Wildman–Crippen LogP) is 2.77. The highest BCUT2D eigenvalue weighted by Gasteiger charge is 2.34. The van der Waals surface area contributed by atoms with Gasteiger partial charge in [0.2, 0.25) is 0 Å². The minimum absolute atomic E-state index is 0.0903. The van der Waals surface area contributed by atoms with Crippen molar-refractivity contribution in [3.05, 3.63) is 45.6 Å². The third kappa shape index (κ3) is 2.89. The van der Waals surface area contributed by atoms with Crippen LogP contribution in [-0.2, 0) is 11.2 Å². The molecule has 126 valence electrons. The number of nitrogens with one attached hydrogen (secondary N) is 1. The molecule has 5 nitrogen and oxygen atoms in total. The van der Waals surface area contributed by atoms with Gasteiger partial charge in [0.05, 0.1) is 17.1 Å². The van der Waals surface area contributed by atoms with Crippen molar-refractivity contribution < 1.29 is 14.3 Å². The lowest BCUT2D eigenvalue weighted by Gasteiger charge is -2.33. The van der Waals surface area contributed by atoms with Gasteiger partial charge in [-0.15, -0.1) is 11.3 Å². The molecular weight excluding hydrogens is 324 g/mol. The SMILES string of the molecule is CCc1sc(C(=O)N2C[C@H](C(=O)NC)Oc3ccccc32)cc1C. The molecule has 0 saturated heterocycles. The molecule has 0 bridgehead atoms. The molecule has 6 heteroatoms. The van der Waals surface area contributed by atoms with Gasteiger partial charge in [-0.2, -0.15) is 0 Å². The molecule has 3 rings (SSSR count). The highest BCUT2D eigenvalue weighted by Crippen LogP contribution is 2.35. The van der Waals surface area contributed by atoms with E-state index in [9.17, 15) is 9.59 Å². The number of fused-ring (bicyclic) bond motifs is 1. The molecule has 1 N–H and O–H groups in total. The van der Waals surface area contributed by atoms with Crippen LogP contribution in [0.4, 0.5) is 5.69 Å². The molecule has 24 heavy (non-hydrogen) atoms. The van der Waals surface area contributed by atoms with Crippen LogP contribution in [0.25, 0.3) is 0 Å². The summed E-state index contributed by atoms with van der Waals surface area (Å²) in [6.45, 7) is 4.30. The topological polar surface area (TPSA) is 58.6 Å². The summed E-state index contributed by atoms with van der Waals surface area (Å²) in [5.41, 5.74) is 1.84. The van der Waals surface area contributed by atoms with Crippen molar-refractivity contribution in [2.75, 3.05) is 18.5 Å². The monoisotopic (exact) mass is 344 g/mol. The lowest BCUT2D eigenvalue weighted by Crippen LogP contribution is -2.50. The van der Waals surface area contributed by atoms with Crippen LogP contribution in [0.15, 0.2) is 30.3 Å². The van der Waals surface area contributed by atoms with Gasteiger partial charge in [-0.25, -0.2) is 0 Å². The van der Waals surface area contributed by atoms with Gasteiger partial charge < -0.3 is 10.1 Å². The molecule has 1 aromatic heterocycles. The molecule has 2 amide bonds. The Bertz CT molecular complexity index is 784. The van der Waals surface area contributed by atoms with Crippen LogP contribution in [0.3, 0.4) is 0 Å². The number of para-hydroxylation sites is 2. The number of aryl methyl sites for hydroxylation is 2. The van der Waals surface area contributed by atoms with E-state index < -0.39 is 6.10 Å². The van der Waals surface area contributed by atoms with Crippen molar-refractivity contribution in [2.24, 2.45) is 0 Å². The van der Waals surface area contributed by atoms with Gasteiger partial charge in [0, 0.05) is 11.9 Å². The zero-order chi connectivity index (χ0) is 17.3. The lowest BCUT2D eigenvalue weighted by molar-refractivity contribution is -0.127. The molecule has 2 heterocycles. The number of rotatable bonds is 3. The zero-order valence-corrected chi connectivity index (χ0v) is 14.8. The fourth-order valence-electron chi connectivity index (χ4n) is 2.83. The summed E-state index contributed by atoms with van der Waals surface area (Å²) in [4.78, 5) is 28.6. The van der Waals surface area contributed by atoms with Crippen molar-refractivity contribution in [1.29, 1.82) is 0 Å². The second-order valence-corrected chi connectivity index (χ2v) is 6.81. The number of likely N-dealkylation sites (N-methyl/N-ethyl adjacent to an activating group) is 1. The maximum Gasteiger partial charge on any atom is 0.268 e. The quantitative estimate of drug-likeness (QED) is 0.931. The van der Waals surface area contributed by atoms with Gasteiger partial charge in [-0.05, 0) is 37.1 Å². The zero-order valence-electron chi connectivity index (χ0n) is 14.0. The first-order valence-electron chi connectivity index (χ1n) is 7.93. The third-order valence-electron chi connectivity index (χ3n) is 4.11. The van der Waals surface area contributed by atoms with Crippen molar-refractivity contribution in [2.45, 2.75) is 26.4 Å². The molecule has 0 unspecified atom stereocenters. The number of carbonyl (C=O) groups excluding carboxylic acids is 2. The Kier molecular flexibility index (Phi) is 4.57. The molecule has 0 saturated carbocycles. The first-order valence-corrected chi connectivity index (χ1v) is 8.75. The Morgan fingerprint density at radius 1 is 1.38 bits per heavy atom. The molecule has 2 aromatic rings. The van der Waals surface area contributed by atoms with Crippen molar-refractivity contribution in [1.82, 2.24) is 5.32 Å². The van der Waals surface area contributed by atoms with E-state index in [1.54, 1.807) is 18.0 Å². The van der Waals surface area contributed by atoms with E-state index in [-0.39, 0.29) is 18.4 Å². The summed E-state index contributed by atoms with van der Waals surface area (Å²) in [6, 6.07) is 9.24. The molecule has 0 aliphatic carbocycles. The average Bonchev–Trinajstić information content (AvgIpc) is 3.00. The van der Waals surface area contributed by atoms with Crippen molar-refractivity contribution >= 4 is 28.8 Å². The van der Waals surface area contributed by atoms with Crippen LogP contribution in [0.5, 0.6) is 5.75 Å². The second-order valence-electron chi connectivity index (χ2n) is 5.67. The molecule has 1 aromatic carbocycles. The number of hydrogen-bond acceptors (Lipinski definition) is 4. The van der Waals surface area contributed by atoms with Crippen LogP contribution in [0.2, 0.25) is 0 Å². The lowest BCUT2D eigenvalue weighted by atomic mass is 10.1. The summed E-state index contributed by atoms with van der Waals surface area (Å²) in [6.07, 6.45) is 0.199. The first-order chi connectivity index (χ1) is 11.5. The normalized spacial score (nSPS) is 16.3. The summed E-state index contributed by atoms with van der Waals surface area (Å²) in [7, 11) is 1.56. The number of thiophene rings is 1. The minimum atomic E-state index is -0.708. The maximum atomic E-state index is 13.0. The summed E-state index contributed by atoms with van der Waals surface area (Å²) >= 11 is 1.52. The van der Waals surface area contributed by atoms with Crippen LogP contribution < -0.4 is 15.0 Å². The van der Waals surface area contributed by atoms with E-state index in [1.165, 1.54) is 16.2 Å². The van der Waals surface area contributed by atoms with Gasteiger partial charge in [-0.3, -0.25) is 14.5 Å². The van der Waals surface area contributed by atoms with Crippen molar-refractivity contribution in [3.8, 4) is 5.75 Å². The largest absolute Gasteiger partial charge is 0.477 e. The number of nitrogens with zero attached hydrogens (tertiary/aromatic N) is 1. The second kappa shape index (κ2) is 6.65. The molecule has 1 aliphatic rings. The number of benzene rings is 1. The van der Waals surface area contributed by atoms with Gasteiger partial charge in [0.1, 0.15) is 5.75 Å². The summed E-state index contributed by atoms with van der Waals surface area (Å²) in [5.74, 6) is 0.223. The minimum Gasteiger partial charge on any atom is -0.477 e. The molecule has 1 atom stereocenters. The number of hydrogen-bond donors (Lipinski definition) is 1.